The molecule has 0 saturated heterocycles. The number of hydrogen-bond donors (Lipinski definition) is 1. The number of aryl methyl sites for hydroxylation is 1. The Morgan fingerprint density at radius 2 is 1.93 bits per heavy atom. The third-order valence-electron chi connectivity index (χ3n) is 4.70. The molecule has 0 aliphatic carbocycles. The van der Waals surface area contributed by atoms with E-state index in [9.17, 15) is 9.18 Å². The van der Waals surface area contributed by atoms with Crippen molar-refractivity contribution in [2.24, 2.45) is 0 Å². The molecule has 0 atom stereocenters. The molecule has 7 heteroatoms. The number of nitrogens with zero attached hydrogens (tertiary/aromatic N) is 4. The van der Waals surface area contributed by atoms with Crippen LogP contribution in [0.1, 0.15) is 27.3 Å². The minimum absolute atomic E-state index is 0.229. The first-order valence-corrected chi connectivity index (χ1v) is 9.19. The van der Waals surface area contributed by atoms with Gasteiger partial charge in [0.15, 0.2) is 0 Å². The molecule has 0 aliphatic heterocycles. The monoisotopic (exact) mass is 389 g/mol. The van der Waals surface area contributed by atoms with Crippen LogP contribution in [0.2, 0.25) is 0 Å². The Kier molecular flexibility index (Phi) is 4.95. The molecule has 2 aromatic carbocycles. The van der Waals surface area contributed by atoms with Gasteiger partial charge in [-0.1, -0.05) is 12.1 Å². The second-order valence-corrected chi connectivity index (χ2v) is 6.82. The summed E-state index contributed by atoms with van der Waals surface area (Å²) in [6.07, 6.45) is 5.37. The van der Waals surface area contributed by atoms with Gasteiger partial charge in [-0.2, -0.15) is 5.10 Å². The number of aromatic nitrogens is 4. The summed E-state index contributed by atoms with van der Waals surface area (Å²) in [5, 5.41) is 7.42. The van der Waals surface area contributed by atoms with Crippen molar-refractivity contribution in [1.82, 2.24) is 19.3 Å². The highest BCUT2D eigenvalue weighted by molar-refractivity contribution is 6.06. The Labute approximate surface area is 167 Å². The highest BCUT2D eigenvalue weighted by atomic mass is 19.1. The van der Waals surface area contributed by atoms with Crippen LogP contribution in [-0.4, -0.2) is 25.2 Å². The molecule has 6 nitrogen and oxygen atoms in total. The van der Waals surface area contributed by atoms with Gasteiger partial charge in [0.25, 0.3) is 5.91 Å². The van der Waals surface area contributed by atoms with Crippen LogP contribution < -0.4 is 5.32 Å². The molecule has 0 saturated carbocycles. The van der Waals surface area contributed by atoms with Crippen LogP contribution in [0.4, 0.5) is 10.1 Å². The number of halogens is 1. The number of anilines is 1. The van der Waals surface area contributed by atoms with E-state index >= 15 is 0 Å². The Hall–Kier alpha value is -3.74. The van der Waals surface area contributed by atoms with Crippen molar-refractivity contribution in [3.8, 4) is 5.69 Å². The molecule has 0 spiro atoms. The summed E-state index contributed by atoms with van der Waals surface area (Å²) in [6.45, 7) is 4.29. The molecule has 2 aromatic heterocycles. The molecule has 1 N–H and O–H groups in total. The summed E-state index contributed by atoms with van der Waals surface area (Å²) in [7, 11) is 0. The fraction of sp³-hybridized carbons (Fsp3) is 0.136. The predicted octanol–water partition coefficient (Wildman–Crippen LogP) is 4.13. The van der Waals surface area contributed by atoms with Crippen molar-refractivity contribution in [2.45, 2.75) is 20.4 Å². The first kappa shape index (κ1) is 18.6. The highest BCUT2D eigenvalue weighted by Gasteiger charge is 2.19. The van der Waals surface area contributed by atoms with Gasteiger partial charge in [-0.15, -0.1) is 0 Å². The second kappa shape index (κ2) is 7.71. The summed E-state index contributed by atoms with van der Waals surface area (Å²) >= 11 is 0. The molecule has 0 radical (unpaired) electrons. The van der Waals surface area contributed by atoms with Crippen molar-refractivity contribution in [3.05, 3.63) is 95.6 Å². The van der Waals surface area contributed by atoms with Crippen LogP contribution >= 0.6 is 0 Å². The predicted molar refractivity (Wildman–Crippen MR) is 109 cm³/mol. The van der Waals surface area contributed by atoms with Crippen LogP contribution in [0.5, 0.6) is 0 Å². The molecule has 1 amide bonds. The van der Waals surface area contributed by atoms with Gasteiger partial charge in [0.1, 0.15) is 5.82 Å². The number of benzene rings is 2. The average Bonchev–Trinajstić information content (AvgIpc) is 3.30. The third-order valence-corrected chi connectivity index (χ3v) is 4.70. The summed E-state index contributed by atoms with van der Waals surface area (Å²) in [5.41, 5.74) is 4.28. The van der Waals surface area contributed by atoms with E-state index in [1.165, 1.54) is 12.1 Å². The SMILES string of the molecule is Cc1nn(-c2ccc(F)cc2)c(C)c1C(=O)Nc1cccc(Cn2ccnc2)c1. The summed E-state index contributed by atoms with van der Waals surface area (Å²) in [5.74, 6) is -0.544. The van der Waals surface area contributed by atoms with E-state index in [1.54, 1.807) is 36.3 Å². The number of imidazole rings is 1. The molecular weight excluding hydrogens is 369 g/mol. The summed E-state index contributed by atoms with van der Waals surface area (Å²) in [6, 6.07) is 13.7. The molecule has 4 aromatic rings. The molecule has 0 bridgehead atoms. The maximum absolute atomic E-state index is 13.2. The fourth-order valence-electron chi connectivity index (χ4n) is 3.34. The lowest BCUT2D eigenvalue weighted by atomic mass is 10.1. The van der Waals surface area contributed by atoms with Crippen molar-refractivity contribution in [1.29, 1.82) is 0 Å². The number of hydrogen-bond acceptors (Lipinski definition) is 3. The van der Waals surface area contributed by atoms with Crippen molar-refractivity contribution >= 4 is 11.6 Å². The lowest BCUT2D eigenvalue weighted by Crippen LogP contribution is -2.14. The smallest absolute Gasteiger partial charge is 0.259 e. The van der Waals surface area contributed by atoms with Gasteiger partial charge in [-0.25, -0.2) is 14.1 Å². The Bertz CT molecular complexity index is 1150. The van der Waals surface area contributed by atoms with E-state index in [1.807, 2.05) is 42.0 Å². The average molecular weight is 389 g/mol. The lowest BCUT2D eigenvalue weighted by Gasteiger charge is -2.09. The van der Waals surface area contributed by atoms with E-state index < -0.39 is 0 Å². The van der Waals surface area contributed by atoms with Crippen LogP contribution in [0.25, 0.3) is 5.69 Å². The maximum atomic E-state index is 13.2. The number of amides is 1. The molecule has 0 unspecified atom stereocenters. The third kappa shape index (κ3) is 3.94. The van der Waals surface area contributed by atoms with Gasteiger partial charge in [-0.05, 0) is 55.8 Å². The van der Waals surface area contributed by atoms with E-state index in [-0.39, 0.29) is 11.7 Å². The molecule has 146 valence electrons. The number of carbonyl (C=O) groups excluding carboxylic acids is 1. The Balaban J connectivity index is 1.57. The Morgan fingerprint density at radius 1 is 1.14 bits per heavy atom. The van der Waals surface area contributed by atoms with Gasteiger partial charge in [0.05, 0.1) is 29.0 Å². The van der Waals surface area contributed by atoms with E-state index in [2.05, 4.69) is 15.4 Å². The minimum atomic E-state index is -0.316. The number of rotatable bonds is 5. The zero-order valence-electron chi connectivity index (χ0n) is 16.1. The van der Waals surface area contributed by atoms with Crippen molar-refractivity contribution in [2.75, 3.05) is 5.32 Å². The van der Waals surface area contributed by atoms with Crippen LogP contribution in [0.15, 0.2) is 67.3 Å². The van der Waals surface area contributed by atoms with Gasteiger partial charge < -0.3 is 9.88 Å². The van der Waals surface area contributed by atoms with Crippen LogP contribution in [-0.2, 0) is 6.54 Å². The molecule has 4 rings (SSSR count). The zero-order chi connectivity index (χ0) is 20.4. The fourth-order valence-corrected chi connectivity index (χ4v) is 3.34. The quantitative estimate of drug-likeness (QED) is 0.558. The normalized spacial score (nSPS) is 10.9. The van der Waals surface area contributed by atoms with Gasteiger partial charge in [0.2, 0.25) is 0 Å². The van der Waals surface area contributed by atoms with Gasteiger partial charge in [-0.3, -0.25) is 4.79 Å². The van der Waals surface area contributed by atoms with E-state index in [0.717, 1.165) is 5.56 Å². The molecule has 29 heavy (non-hydrogen) atoms. The topological polar surface area (TPSA) is 64.7 Å². The molecule has 0 fully saturated rings. The second-order valence-electron chi connectivity index (χ2n) is 6.82. The number of carbonyl (C=O) groups is 1. The van der Waals surface area contributed by atoms with Gasteiger partial charge >= 0.3 is 0 Å². The van der Waals surface area contributed by atoms with Crippen molar-refractivity contribution in [3.63, 3.8) is 0 Å². The highest BCUT2D eigenvalue weighted by Crippen LogP contribution is 2.20. The molecular formula is C22H20FN5O. The lowest BCUT2D eigenvalue weighted by molar-refractivity contribution is 0.102. The largest absolute Gasteiger partial charge is 0.333 e. The van der Waals surface area contributed by atoms with E-state index in [0.29, 0.717) is 34.9 Å². The first-order chi connectivity index (χ1) is 14.0. The Morgan fingerprint density at radius 3 is 2.66 bits per heavy atom. The minimum Gasteiger partial charge on any atom is -0.333 e. The van der Waals surface area contributed by atoms with Crippen molar-refractivity contribution < 1.29 is 9.18 Å². The van der Waals surface area contributed by atoms with Crippen LogP contribution in [0.3, 0.4) is 0 Å². The number of nitrogens with one attached hydrogen (secondary N) is 1. The summed E-state index contributed by atoms with van der Waals surface area (Å²) < 4.78 is 16.8. The first-order valence-electron chi connectivity index (χ1n) is 9.19. The molecule has 2 heterocycles. The van der Waals surface area contributed by atoms with Gasteiger partial charge in [0, 0.05) is 24.6 Å². The standard InChI is InChI=1S/C22H20FN5O/c1-15-21(16(2)28(26-15)20-8-6-18(23)7-9-20)22(29)25-19-5-3-4-17(12-19)13-27-11-10-24-14-27/h3-12,14H,13H2,1-2H3,(H,25,29). The maximum Gasteiger partial charge on any atom is 0.259 e. The molecule has 0 aliphatic rings. The van der Waals surface area contributed by atoms with Crippen LogP contribution in [0, 0.1) is 19.7 Å². The summed E-state index contributed by atoms with van der Waals surface area (Å²) in [4.78, 5) is 17.0. The zero-order valence-corrected chi connectivity index (χ0v) is 16.1. The van der Waals surface area contributed by atoms with E-state index in [4.69, 9.17) is 0 Å².